The van der Waals surface area contributed by atoms with Gasteiger partial charge in [-0.15, -0.1) is 11.8 Å². The first-order valence-electron chi connectivity index (χ1n) is 7.41. The largest absolute Gasteiger partial charge is 0.478 e. The first-order chi connectivity index (χ1) is 9.67. The molecular weight excluding hydrogens is 270 g/mol. The van der Waals surface area contributed by atoms with Gasteiger partial charge in [0.05, 0.1) is 11.3 Å². The van der Waals surface area contributed by atoms with Crippen molar-refractivity contribution in [2.24, 2.45) is 5.92 Å². The number of nitrogens with zero attached hydrogens (tertiary/aromatic N) is 1. The van der Waals surface area contributed by atoms with Crippen molar-refractivity contribution in [2.75, 3.05) is 23.7 Å². The van der Waals surface area contributed by atoms with Gasteiger partial charge in [0.2, 0.25) is 0 Å². The average Bonchev–Trinajstić information content (AvgIpc) is 2.47. The number of carbonyl (C=O) groups is 1. The fraction of sp³-hybridized carbons (Fsp3) is 0.562. The van der Waals surface area contributed by atoms with E-state index in [4.69, 9.17) is 0 Å². The highest BCUT2D eigenvalue weighted by atomic mass is 32.2. The highest BCUT2D eigenvalue weighted by molar-refractivity contribution is 7.99. The quantitative estimate of drug-likeness (QED) is 0.829. The maximum absolute atomic E-state index is 11.7. The first kappa shape index (κ1) is 15.2. The molecule has 1 unspecified atom stereocenters. The second-order valence-corrected chi connectivity index (χ2v) is 6.56. The van der Waals surface area contributed by atoms with Crippen molar-refractivity contribution in [3.05, 3.63) is 23.8 Å². The number of hydrogen-bond acceptors (Lipinski definition) is 3. The van der Waals surface area contributed by atoms with Gasteiger partial charge in [0.15, 0.2) is 0 Å². The predicted octanol–water partition coefficient (Wildman–Crippen LogP) is 4.12. The van der Waals surface area contributed by atoms with Crippen LogP contribution >= 0.6 is 11.8 Å². The van der Waals surface area contributed by atoms with Gasteiger partial charge in [-0.2, -0.15) is 0 Å². The van der Waals surface area contributed by atoms with Crippen LogP contribution in [-0.2, 0) is 0 Å². The fourth-order valence-corrected chi connectivity index (χ4v) is 3.71. The summed E-state index contributed by atoms with van der Waals surface area (Å²) in [5.74, 6) is 0.768. The van der Waals surface area contributed by atoms with Crippen LogP contribution in [0.5, 0.6) is 0 Å². The highest BCUT2D eigenvalue weighted by Gasteiger charge is 2.24. The number of aromatic carboxylic acids is 1. The topological polar surface area (TPSA) is 40.5 Å². The third-order valence-corrected chi connectivity index (χ3v) is 4.89. The van der Waals surface area contributed by atoms with Crippen LogP contribution in [0.3, 0.4) is 0 Å². The van der Waals surface area contributed by atoms with E-state index in [1.54, 1.807) is 11.8 Å². The predicted molar refractivity (Wildman–Crippen MR) is 85.0 cm³/mol. The maximum Gasteiger partial charge on any atom is 0.338 e. The molecule has 110 valence electrons. The van der Waals surface area contributed by atoms with E-state index in [9.17, 15) is 9.90 Å². The van der Waals surface area contributed by atoms with E-state index < -0.39 is 5.97 Å². The van der Waals surface area contributed by atoms with Gasteiger partial charge in [-0.1, -0.05) is 26.3 Å². The van der Waals surface area contributed by atoms with Crippen LogP contribution in [0.4, 0.5) is 5.69 Å². The summed E-state index contributed by atoms with van der Waals surface area (Å²) in [6, 6.07) is 5.86. The van der Waals surface area contributed by atoms with E-state index in [1.807, 2.05) is 18.2 Å². The number of anilines is 1. The van der Waals surface area contributed by atoms with Crippen LogP contribution in [-0.4, -0.2) is 29.9 Å². The van der Waals surface area contributed by atoms with Gasteiger partial charge in [-0.3, -0.25) is 0 Å². The Labute approximate surface area is 125 Å². The minimum atomic E-state index is -0.810. The molecule has 1 aliphatic heterocycles. The Balaban J connectivity index is 2.34. The summed E-state index contributed by atoms with van der Waals surface area (Å²) in [6.45, 7) is 6.22. The second kappa shape index (κ2) is 7.02. The van der Waals surface area contributed by atoms with E-state index in [0.29, 0.717) is 11.5 Å². The van der Waals surface area contributed by atoms with Crippen molar-refractivity contribution < 1.29 is 9.90 Å². The minimum Gasteiger partial charge on any atom is -0.478 e. The lowest BCUT2D eigenvalue weighted by molar-refractivity contribution is 0.0693. The van der Waals surface area contributed by atoms with E-state index in [1.165, 1.54) is 12.8 Å². The summed E-state index contributed by atoms with van der Waals surface area (Å²) in [7, 11) is 0. The molecule has 0 radical (unpaired) electrons. The molecule has 0 amide bonds. The smallest absolute Gasteiger partial charge is 0.338 e. The Hall–Kier alpha value is -1.16. The van der Waals surface area contributed by atoms with Crippen molar-refractivity contribution in [1.29, 1.82) is 0 Å². The molecule has 1 heterocycles. The molecule has 2 rings (SSSR count). The normalized spacial score (nSPS) is 19.1. The van der Waals surface area contributed by atoms with Gasteiger partial charge in [0.25, 0.3) is 0 Å². The lowest BCUT2D eigenvalue weighted by Crippen LogP contribution is -2.36. The molecule has 0 spiro atoms. The summed E-state index contributed by atoms with van der Waals surface area (Å²) >= 11 is 1.61. The molecule has 0 aliphatic carbocycles. The summed E-state index contributed by atoms with van der Waals surface area (Å²) < 4.78 is 0. The molecule has 20 heavy (non-hydrogen) atoms. The number of thioether (sulfide) groups is 1. The second-order valence-electron chi connectivity index (χ2n) is 5.25. The molecule has 1 atom stereocenters. The lowest BCUT2D eigenvalue weighted by Gasteiger charge is -2.35. The zero-order valence-corrected chi connectivity index (χ0v) is 13.1. The number of hydrogen-bond donors (Lipinski definition) is 1. The molecule has 1 saturated heterocycles. The van der Waals surface area contributed by atoms with Crippen LogP contribution in [0.25, 0.3) is 0 Å². The first-order valence-corrected chi connectivity index (χ1v) is 8.40. The Kier molecular flexibility index (Phi) is 5.35. The number of benzene rings is 1. The molecular formula is C16H23NO2S. The standard InChI is InChI=1S/C16H23NO2S/c1-3-12-7-6-10-17(11-12)13-8-5-9-14(20-4-2)15(13)16(18)19/h5,8-9,12H,3-4,6-7,10-11H2,1-2H3,(H,18,19). The van der Waals surface area contributed by atoms with Crippen molar-refractivity contribution in [3.8, 4) is 0 Å². The third-order valence-electron chi connectivity index (χ3n) is 3.95. The Morgan fingerprint density at radius 2 is 2.25 bits per heavy atom. The zero-order chi connectivity index (χ0) is 14.5. The molecule has 1 fully saturated rings. The number of rotatable bonds is 5. The van der Waals surface area contributed by atoms with Crippen molar-refractivity contribution in [2.45, 2.75) is 38.0 Å². The van der Waals surface area contributed by atoms with Crippen molar-refractivity contribution in [1.82, 2.24) is 0 Å². The average molecular weight is 293 g/mol. The van der Waals surface area contributed by atoms with Gasteiger partial charge in [0.1, 0.15) is 0 Å². The number of carboxylic acid groups (broad SMARTS) is 1. The molecule has 3 nitrogen and oxygen atoms in total. The van der Waals surface area contributed by atoms with Gasteiger partial charge >= 0.3 is 5.97 Å². The zero-order valence-electron chi connectivity index (χ0n) is 12.3. The fourth-order valence-electron chi connectivity index (χ4n) is 2.89. The van der Waals surface area contributed by atoms with Gasteiger partial charge < -0.3 is 10.0 Å². The molecule has 4 heteroatoms. The highest BCUT2D eigenvalue weighted by Crippen LogP contribution is 2.33. The van der Waals surface area contributed by atoms with Crippen molar-refractivity contribution >= 4 is 23.4 Å². The van der Waals surface area contributed by atoms with E-state index in [-0.39, 0.29) is 0 Å². The summed E-state index contributed by atoms with van der Waals surface area (Å²) in [4.78, 5) is 14.8. The molecule has 0 saturated carbocycles. The Bertz CT molecular complexity index is 476. The summed E-state index contributed by atoms with van der Waals surface area (Å²) in [6.07, 6.45) is 3.59. The SMILES string of the molecule is CCSc1cccc(N2CCCC(CC)C2)c1C(=O)O. The number of piperidine rings is 1. The molecule has 0 bridgehead atoms. The van der Waals surface area contributed by atoms with Crippen LogP contribution in [0.15, 0.2) is 23.1 Å². The van der Waals surface area contributed by atoms with Gasteiger partial charge in [-0.25, -0.2) is 4.79 Å². The Morgan fingerprint density at radius 1 is 1.45 bits per heavy atom. The maximum atomic E-state index is 11.7. The van der Waals surface area contributed by atoms with Crippen LogP contribution in [0.1, 0.15) is 43.5 Å². The van der Waals surface area contributed by atoms with E-state index >= 15 is 0 Å². The molecule has 1 N–H and O–H groups in total. The summed E-state index contributed by atoms with van der Waals surface area (Å²) in [5.41, 5.74) is 1.38. The van der Waals surface area contributed by atoms with E-state index in [2.05, 4.69) is 18.7 Å². The van der Waals surface area contributed by atoms with Crippen LogP contribution in [0, 0.1) is 5.92 Å². The monoisotopic (exact) mass is 293 g/mol. The van der Waals surface area contributed by atoms with Gasteiger partial charge in [0, 0.05) is 18.0 Å². The minimum absolute atomic E-state index is 0.483. The summed E-state index contributed by atoms with van der Waals surface area (Å²) in [5, 5.41) is 9.59. The van der Waals surface area contributed by atoms with E-state index in [0.717, 1.165) is 35.8 Å². The third kappa shape index (κ3) is 3.29. The van der Waals surface area contributed by atoms with Crippen LogP contribution in [0.2, 0.25) is 0 Å². The lowest BCUT2D eigenvalue weighted by atomic mass is 9.94. The number of carboxylic acids is 1. The Morgan fingerprint density at radius 3 is 2.90 bits per heavy atom. The van der Waals surface area contributed by atoms with Crippen molar-refractivity contribution in [3.63, 3.8) is 0 Å². The van der Waals surface area contributed by atoms with Crippen LogP contribution < -0.4 is 4.90 Å². The van der Waals surface area contributed by atoms with Gasteiger partial charge in [-0.05, 0) is 36.6 Å². The molecule has 0 aromatic heterocycles. The molecule has 1 aromatic carbocycles. The molecule has 1 aromatic rings. The molecule has 1 aliphatic rings.